The van der Waals surface area contributed by atoms with Crippen LogP contribution in [0.1, 0.15) is 32.3 Å². The molecule has 6 heteroatoms. The SMILES string of the molecule is COc1ccc(OCCCC(=O)OCC(=O)/C=C2/N(C)c3ccccc3C2(C)C)cc1. The monoisotopic (exact) mass is 423 g/mol. The summed E-state index contributed by atoms with van der Waals surface area (Å²) in [4.78, 5) is 26.4. The van der Waals surface area contributed by atoms with E-state index < -0.39 is 5.97 Å². The minimum Gasteiger partial charge on any atom is -0.497 e. The Hall–Kier alpha value is -3.28. The second kappa shape index (κ2) is 9.69. The Bertz CT molecular complexity index is 962. The van der Waals surface area contributed by atoms with Gasteiger partial charge in [0.1, 0.15) is 11.5 Å². The van der Waals surface area contributed by atoms with Crippen LogP contribution in [0.2, 0.25) is 0 Å². The molecule has 31 heavy (non-hydrogen) atoms. The first-order valence-corrected chi connectivity index (χ1v) is 10.3. The van der Waals surface area contributed by atoms with Gasteiger partial charge in [-0.1, -0.05) is 32.0 Å². The lowest BCUT2D eigenvalue weighted by Gasteiger charge is -2.23. The summed E-state index contributed by atoms with van der Waals surface area (Å²) >= 11 is 0. The summed E-state index contributed by atoms with van der Waals surface area (Å²) in [5.74, 6) is 0.824. The largest absolute Gasteiger partial charge is 0.497 e. The average Bonchev–Trinajstić information content (AvgIpc) is 2.96. The zero-order valence-corrected chi connectivity index (χ0v) is 18.5. The zero-order chi connectivity index (χ0) is 22.4. The second-order valence-corrected chi connectivity index (χ2v) is 7.99. The van der Waals surface area contributed by atoms with Gasteiger partial charge in [-0.2, -0.15) is 0 Å². The van der Waals surface area contributed by atoms with Gasteiger partial charge in [0.2, 0.25) is 0 Å². The molecule has 3 rings (SSSR count). The highest BCUT2D eigenvalue weighted by atomic mass is 16.5. The number of nitrogens with zero attached hydrogens (tertiary/aromatic N) is 1. The van der Waals surface area contributed by atoms with Crippen molar-refractivity contribution in [3.8, 4) is 11.5 Å². The van der Waals surface area contributed by atoms with Crippen molar-refractivity contribution in [2.45, 2.75) is 32.1 Å². The number of rotatable bonds is 9. The molecular formula is C25H29NO5. The number of ether oxygens (including phenoxy) is 3. The highest BCUT2D eigenvalue weighted by Crippen LogP contribution is 2.46. The number of para-hydroxylation sites is 1. The number of anilines is 1. The topological polar surface area (TPSA) is 65.1 Å². The molecule has 0 bridgehead atoms. The summed E-state index contributed by atoms with van der Waals surface area (Å²) < 4.78 is 15.8. The third-order valence-electron chi connectivity index (χ3n) is 5.47. The van der Waals surface area contributed by atoms with Gasteiger partial charge in [0.15, 0.2) is 12.4 Å². The minimum absolute atomic E-state index is 0.191. The van der Waals surface area contributed by atoms with E-state index in [0.717, 1.165) is 17.1 Å². The fourth-order valence-electron chi connectivity index (χ4n) is 3.76. The van der Waals surface area contributed by atoms with E-state index in [-0.39, 0.29) is 24.2 Å². The molecule has 0 aromatic heterocycles. The number of hydrogen-bond acceptors (Lipinski definition) is 6. The summed E-state index contributed by atoms with van der Waals surface area (Å²) in [6, 6.07) is 15.3. The van der Waals surface area contributed by atoms with Crippen molar-refractivity contribution >= 4 is 17.4 Å². The number of allylic oxidation sites excluding steroid dienone is 1. The standard InChI is InChI=1S/C25H29NO5/c1-25(2)21-8-5-6-9-22(21)26(3)23(25)16-18(27)17-31-24(28)10-7-15-30-20-13-11-19(29-4)12-14-20/h5-6,8-9,11-14,16H,7,10,15,17H2,1-4H3/b23-16+. The molecule has 0 N–H and O–H groups in total. The number of ketones is 1. The van der Waals surface area contributed by atoms with E-state index in [9.17, 15) is 9.59 Å². The Balaban J connectivity index is 1.43. The first-order valence-electron chi connectivity index (χ1n) is 10.3. The molecule has 0 saturated carbocycles. The maximum atomic E-state index is 12.4. The maximum absolute atomic E-state index is 12.4. The molecule has 0 saturated heterocycles. The lowest BCUT2D eigenvalue weighted by atomic mass is 9.83. The highest BCUT2D eigenvalue weighted by molar-refractivity contribution is 5.94. The van der Waals surface area contributed by atoms with Crippen LogP contribution in [0.15, 0.2) is 60.3 Å². The van der Waals surface area contributed by atoms with E-state index in [1.165, 1.54) is 5.56 Å². The van der Waals surface area contributed by atoms with Crippen LogP contribution in [-0.4, -0.2) is 39.1 Å². The minimum atomic E-state index is -0.410. The molecule has 0 amide bonds. The Kier molecular flexibility index (Phi) is 7.00. The van der Waals surface area contributed by atoms with Gasteiger partial charge in [0, 0.05) is 36.3 Å². The fraction of sp³-hybridized carbons (Fsp3) is 0.360. The Labute approximate surface area is 183 Å². The molecule has 0 fully saturated rings. The second-order valence-electron chi connectivity index (χ2n) is 7.99. The Morgan fingerprint density at radius 3 is 2.39 bits per heavy atom. The summed E-state index contributed by atoms with van der Waals surface area (Å²) in [6.45, 7) is 4.30. The first kappa shape index (κ1) is 22.4. The van der Waals surface area contributed by atoms with E-state index in [1.54, 1.807) is 13.2 Å². The maximum Gasteiger partial charge on any atom is 0.306 e. The quantitative estimate of drug-likeness (QED) is 0.341. The van der Waals surface area contributed by atoms with Gasteiger partial charge in [-0.3, -0.25) is 9.59 Å². The van der Waals surface area contributed by atoms with E-state index in [2.05, 4.69) is 19.9 Å². The van der Waals surface area contributed by atoms with Gasteiger partial charge in [-0.15, -0.1) is 0 Å². The lowest BCUT2D eigenvalue weighted by molar-refractivity contribution is -0.147. The number of benzene rings is 2. The third-order valence-corrected chi connectivity index (χ3v) is 5.47. The number of methoxy groups -OCH3 is 1. The molecule has 2 aromatic rings. The van der Waals surface area contributed by atoms with Crippen LogP contribution in [0, 0.1) is 0 Å². The van der Waals surface area contributed by atoms with Crippen molar-refractivity contribution in [1.82, 2.24) is 0 Å². The van der Waals surface area contributed by atoms with Crippen LogP contribution >= 0.6 is 0 Å². The van der Waals surface area contributed by atoms with Crippen LogP contribution in [0.5, 0.6) is 11.5 Å². The van der Waals surface area contributed by atoms with Gasteiger partial charge in [-0.05, 0) is 42.3 Å². The predicted octanol–water partition coefficient (Wildman–Crippen LogP) is 4.28. The van der Waals surface area contributed by atoms with Gasteiger partial charge in [-0.25, -0.2) is 0 Å². The van der Waals surface area contributed by atoms with Crippen LogP contribution < -0.4 is 14.4 Å². The van der Waals surface area contributed by atoms with Crippen molar-refractivity contribution in [2.75, 3.05) is 32.3 Å². The number of fused-ring (bicyclic) bond motifs is 1. The van der Waals surface area contributed by atoms with Crippen molar-refractivity contribution in [3.05, 3.63) is 65.9 Å². The van der Waals surface area contributed by atoms with Crippen molar-refractivity contribution in [1.29, 1.82) is 0 Å². The number of carbonyl (C=O) groups is 2. The summed E-state index contributed by atoms with van der Waals surface area (Å²) in [5, 5.41) is 0. The molecule has 0 unspecified atom stereocenters. The number of hydrogen-bond donors (Lipinski definition) is 0. The molecule has 6 nitrogen and oxygen atoms in total. The van der Waals surface area contributed by atoms with E-state index in [4.69, 9.17) is 14.2 Å². The molecule has 1 aliphatic heterocycles. The molecule has 2 aromatic carbocycles. The molecule has 1 heterocycles. The van der Waals surface area contributed by atoms with Gasteiger partial charge in [0.05, 0.1) is 13.7 Å². The summed E-state index contributed by atoms with van der Waals surface area (Å²) in [6.07, 6.45) is 2.28. The Morgan fingerprint density at radius 2 is 1.71 bits per heavy atom. The van der Waals surface area contributed by atoms with Crippen LogP contribution in [0.3, 0.4) is 0 Å². The van der Waals surface area contributed by atoms with Crippen LogP contribution in [0.4, 0.5) is 5.69 Å². The molecule has 164 valence electrons. The smallest absolute Gasteiger partial charge is 0.306 e. The molecule has 0 spiro atoms. The number of esters is 1. The highest BCUT2D eigenvalue weighted by Gasteiger charge is 2.38. The third kappa shape index (κ3) is 5.26. The number of likely N-dealkylation sites (N-methyl/N-ethyl adjacent to an activating group) is 1. The van der Waals surface area contributed by atoms with E-state index in [1.807, 2.05) is 54.4 Å². The zero-order valence-electron chi connectivity index (χ0n) is 18.5. The first-order chi connectivity index (χ1) is 14.8. The van der Waals surface area contributed by atoms with Gasteiger partial charge in [0.25, 0.3) is 0 Å². The molecule has 1 aliphatic rings. The number of carbonyl (C=O) groups excluding carboxylic acids is 2. The van der Waals surface area contributed by atoms with Gasteiger partial charge >= 0.3 is 5.97 Å². The summed E-state index contributed by atoms with van der Waals surface area (Å²) in [5.41, 5.74) is 2.86. The van der Waals surface area contributed by atoms with Crippen molar-refractivity contribution in [2.24, 2.45) is 0 Å². The molecular weight excluding hydrogens is 394 g/mol. The lowest BCUT2D eigenvalue weighted by Crippen LogP contribution is -2.25. The van der Waals surface area contributed by atoms with E-state index in [0.29, 0.717) is 18.8 Å². The molecule has 0 atom stereocenters. The molecule has 0 radical (unpaired) electrons. The summed E-state index contributed by atoms with van der Waals surface area (Å²) in [7, 11) is 3.55. The van der Waals surface area contributed by atoms with Gasteiger partial charge < -0.3 is 19.1 Å². The van der Waals surface area contributed by atoms with Crippen LogP contribution in [0.25, 0.3) is 0 Å². The average molecular weight is 424 g/mol. The van der Waals surface area contributed by atoms with E-state index >= 15 is 0 Å². The fourth-order valence-corrected chi connectivity index (χ4v) is 3.76. The van der Waals surface area contributed by atoms with Crippen molar-refractivity contribution < 1.29 is 23.8 Å². The normalized spacial score (nSPS) is 15.5. The van der Waals surface area contributed by atoms with Crippen LogP contribution in [-0.2, 0) is 19.7 Å². The predicted molar refractivity (Wildman–Crippen MR) is 120 cm³/mol. The van der Waals surface area contributed by atoms with Crippen molar-refractivity contribution in [3.63, 3.8) is 0 Å². The molecule has 0 aliphatic carbocycles. The Morgan fingerprint density at radius 1 is 1.03 bits per heavy atom.